The van der Waals surface area contributed by atoms with Crippen molar-refractivity contribution in [3.05, 3.63) is 53.3 Å². The van der Waals surface area contributed by atoms with Gasteiger partial charge in [0, 0.05) is 29.6 Å². The molecule has 114 valence electrons. The van der Waals surface area contributed by atoms with Gasteiger partial charge in [0.1, 0.15) is 5.75 Å². The van der Waals surface area contributed by atoms with Gasteiger partial charge >= 0.3 is 0 Å². The van der Waals surface area contributed by atoms with E-state index in [0.717, 1.165) is 28.3 Å². The molecule has 0 N–H and O–H groups in total. The lowest BCUT2D eigenvalue weighted by atomic mass is 10.1. The molecule has 0 unspecified atom stereocenters. The molecule has 0 atom stereocenters. The molecule has 4 nitrogen and oxygen atoms in total. The lowest BCUT2D eigenvalue weighted by Crippen LogP contribution is -2.24. The van der Waals surface area contributed by atoms with E-state index in [4.69, 9.17) is 10.00 Å². The van der Waals surface area contributed by atoms with Crippen LogP contribution in [0.2, 0.25) is 0 Å². The summed E-state index contributed by atoms with van der Waals surface area (Å²) in [6, 6.07) is 12.3. The number of ether oxygens (including phenoxy) is 1. The quantitative estimate of drug-likeness (QED) is 0.816. The third kappa shape index (κ3) is 3.56. The minimum atomic E-state index is 0.483. The lowest BCUT2D eigenvalue weighted by Gasteiger charge is -2.25. The van der Waals surface area contributed by atoms with E-state index < -0.39 is 0 Å². The molecule has 0 aliphatic rings. The number of aryl methyl sites for hydroxylation is 1. The first-order valence-electron chi connectivity index (χ1n) is 7.33. The number of methoxy groups -OCH3 is 1. The van der Waals surface area contributed by atoms with Crippen molar-refractivity contribution in [3.63, 3.8) is 0 Å². The largest absolute Gasteiger partial charge is 0.496 e. The third-order valence-electron chi connectivity index (χ3n) is 3.71. The number of para-hydroxylation sites is 1. The smallest absolute Gasteiger partial charge is 0.128 e. The highest BCUT2D eigenvalue weighted by Crippen LogP contribution is 2.26. The normalized spacial score (nSPS) is 10.1. The van der Waals surface area contributed by atoms with Gasteiger partial charge in [-0.2, -0.15) is 5.26 Å². The molecule has 1 heterocycles. The Morgan fingerprint density at radius 3 is 2.59 bits per heavy atom. The van der Waals surface area contributed by atoms with Crippen LogP contribution in [0.15, 0.2) is 36.5 Å². The van der Waals surface area contributed by atoms with Gasteiger partial charge in [0.15, 0.2) is 0 Å². The predicted molar refractivity (Wildman–Crippen MR) is 88.0 cm³/mol. The molecule has 0 spiro atoms. The van der Waals surface area contributed by atoms with Crippen LogP contribution in [-0.2, 0) is 6.54 Å². The number of hydrogen-bond acceptors (Lipinski definition) is 4. The maximum Gasteiger partial charge on any atom is 0.128 e. The predicted octanol–water partition coefficient (Wildman–Crippen LogP) is 3.63. The zero-order valence-corrected chi connectivity index (χ0v) is 13.3. The first-order chi connectivity index (χ1) is 10.7. The van der Waals surface area contributed by atoms with Crippen molar-refractivity contribution in [2.75, 3.05) is 18.6 Å². The zero-order valence-electron chi connectivity index (χ0n) is 13.3. The zero-order chi connectivity index (χ0) is 15.9. The van der Waals surface area contributed by atoms with Gasteiger partial charge in [-0.3, -0.25) is 4.98 Å². The summed E-state index contributed by atoms with van der Waals surface area (Å²) in [6.07, 6.45) is 2.32. The Morgan fingerprint density at radius 1 is 1.23 bits per heavy atom. The summed E-state index contributed by atoms with van der Waals surface area (Å²) in [5.41, 5.74) is 4.16. The monoisotopic (exact) mass is 295 g/mol. The summed E-state index contributed by atoms with van der Waals surface area (Å²) in [5.74, 6) is 0.887. The summed E-state index contributed by atoms with van der Waals surface area (Å²) < 4.78 is 5.47. The molecule has 0 fully saturated rings. The van der Waals surface area contributed by atoms with Crippen molar-refractivity contribution in [3.8, 4) is 11.8 Å². The van der Waals surface area contributed by atoms with Gasteiger partial charge in [-0.25, -0.2) is 0 Å². The van der Waals surface area contributed by atoms with E-state index in [-0.39, 0.29) is 0 Å². The average Bonchev–Trinajstić information content (AvgIpc) is 2.54. The van der Waals surface area contributed by atoms with Gasteiger partial charge in [-0.1, -0.05) is 18.2 Å². The van der Waals surface area contributed by atoms with Crippen LogP contribution in [0.25, 0.3) is 0 Å². The topological polar surface area (TPSA) is 49.1 Å². The standard InChI is InChI=1S/C18H21N3O/c1-14-12-20-17(15(2)18(14)22-3)13-21(11-7-10-19)16-8-5-4-6-9-16/h4-6,8-9,12H,7,11,13H2,1-3H3. The number of hydrogen-bond donors (Lipinski definition) is 0. The molecule has 0 bridgehead atoms. The highest BCUT2D eigenvalue weighted by atomic mass is 16.5. The minimum absolute atomic E-state index is 0.483. The molecular weight excluding hydrogens is 274 g/mol. The van der Waals surface area contributed by atoms with Crippen molar-refractivity contribution >= 4 is 5.69 Å². The first-order valence-corrected chi connectivity index (χ1v) is 7.33. The van der Waals surface area contributed by atoms with Crippen molar-refractivity contribution in [2.45, 2.75) is 26.8 Å². The second kappa shape index (κ2) is 7.46. The number of rotatable bonds is 6. The second-order valence-corrected chi connectivity index (χ2v) is 5.21. The van der Waals surface area contributed by atoms with Crippen LogP contribution in [0.4, 0.5) is 5.69 Å². The fraction of sp³-hybridized carbons (Fsp3) is 0.333. The Labute approximate surface area is 132 Å². The van der Waals surface area contributed by atoms with Crippen molar-refractivity contribution < 1.29 is 4.74 Å². The second-order valence-electron chi connectivity index (χ2n) is 5.21. The van der Waals surface area contributed by atoms with Crippen molar-refractivity contribution in [1.29, 1.82) is 5.26 Å². The van der Waals surface area contributed by atoms with Crippen LogP contribution < -0.4 is 9.64 Å². The molecule has 0 radical (unpaired) electrons. The number of nitrogens with zero attached hydrogens (tertiary/aromatic N) is 3. The summed E-state index contributed by atoms with van der Waals surface area (Å²) in [5, 5.41) is 8.89. The molecular formula is C18H21N3O. The van der Waals surface area contributed by atoms with Gasteiger partial charge in [0.25, 0.3) is 0 Å². The fourth-order valence-electron chi connectivity index (χ4n) is 2.53. The molecule has 4 heteroatoms. The van der Waals surface area contributed by atoms with Gasteiger partial charge in [0.2, 0.25) is 0 Å². The lowest BCUT2D eigenvalue weighted by molar-refractivity contribution is 0.406. The fourth-order valence-corrected chi connectivity index (χ4v) is 2.53. The molecule has 1 aromatic heterocycles. The third-order valence-corrected chi connectivity index (χ3v) is 3.71. The van der Waals surface area contributed by atoms with Crippen molar-refractivity contribution in [2.24, 2.45) is 0 Å². The maximum atomic E-state index is 8.89. The number of anilines is 1. The van der Waals surface area contributed by atoms with Gasteiger partial charge in [-0.05, 0) is 26.0 Å². The van der Waals surface area contributed by atoms with Gasteiger partial charge < -0.3 is 9.64 Å². The van der Waals surface area contributed by atoms with Gasteiger partial charge in [-0.15, -0.1) is 0 Å². The summed E-state index contributed by atoms with van der Waals surface area (Å²) in [6.45, 7) is 5.36. The van der Waals surface area contributed by atoms with Crippen LogP contribution in [0, 0.1) is 25.2 Å². The molecule has 0 saturated carbocycles. The van der Waals surface area contributed by atoms with E-state index in [1.807, 2.05) is 38.2 Å². The number of aromatic nitrogens is 1. The SMILES string of the molecule is COc1c(C)cnc(CN(CCC#N)c2ccccc2)c1C. The average molecular weight is 295 g/mol. The molecule has 2 aromatic rings. The van der Waals surface area contributed by atoms with Crippen LogP contribution in [-0.4, -0.2) is 18.6 Å². The van der Waals surface area contributed by atoms with E-state index in [9.17, 15) is 0 Å². The minimum Gasteiger partial charge on any atom is -0.496 e. The highest BCUT2D eigenvalue weighted by Gasteiger charge is 2.13. The maximum absolute atomic E-state index is 8.89. The van der Waals surface area contributed by atoms with E-state index in [0.29, 0.717) is 19.5 Å². The van der Waals surface area contributed by atoms with Crippen LogP contribution in [0.1, 0.15) is 23.2 Å². The van der Waals surface area contributed by atoms with Crippen LogP contribution in [0.3, 0.4) is 0 Å². The highest BCUT2D eigenvalue weighted by molar-refractivity contribution is 5.48. The molecule has 2 rings (SSSR count). The Morgan fingerprint density at radius 2 is 1.95 bits per heavy atom. The van der Waals surface area contributed by atoms with E-state index in [1.165, 1.54) is 0 Å². The van der Waals surface area contributed by atoms with Crippen LogP contribution in [0.5, 0.6) is 5.75 Å². The Balaban J connectivity index is 2.30. The number of nitriles is 1. The van der Waals surface area contributed by atoms with E-state index in [2.05, 4.69) is 28.1 Å². The molecule has 1 aromatic carbocycles. The molecule has 0 amide bonds. The first kappa shape index (κ1) is 15.8. The van der Waals surface area contributed by atoms with Crippen molar-refractivity contribution in [1.82, 2.24) is 4.98 Å². The molecule has 0 aliphatic carbocycles. The molecule has 0 aliphatic heterocycles. The Hall–Kier alpha value is -2.54. The van der Waals surface area contributed by atoms with Gasteiger partial charge in [0.05, 0.1) is 31.8 Å². The van der Waals surface area contributed by atoms with Crippen LogP contribution >= 0.6 is 0 Å². The van der Waals surface area contributed by atoms with E-state index >= 15 is 0 Å². The summed E-state index contributed by atoms with van der Waals surface area (Å²) >= 11 is 0. The molecule has 0 saturated heterocycles. The Kier molecular flexibility index (Phi) is 5.37. The number of benzene rings is 1. The molecule has 22 heavy (non-hydrogen) atoms. The number of pyridine rings is 1. The summed E-state index contributed by atoms with van der Waals surface area (Å²) in [7, 11) is 1.68. The summed E-state index contributed by atoms with van der Waals surface area (Å²) in [4.78, 5) is 6.73. The Bertz CT molecular complexity index is 662. The van der Waals surface area contributed by atoms with E-state index in [1.54, 1.807) is 7.11 Å².